The van der Waals surface area contributed by atoms with Crippen molar-refractivity contribution in [2.45, 2.75) is 6.42 Å². The van der Waals surface area contributed by atoms with Gasteiger partial charge in [-0.15, -0.1) is 0 Å². The predicted molar refractivity (Wildman–Crippen MR) is 35.5 cm³/mol. The molecule has 0 saturated heterocycles. The maximum absolute atomic E-state index is 5.59. The highest BCUT2D eigenvalue weighted by Gasteiger charge is 1.82. The maximum atomic E-state index is 5.59. The van der Waals surface area contributed by atoms with Crippen molar-refractivity contribution in [3.05, 3.63) is 23.3 Å². The molecule has 0 heterocycles. The summed E-state index contributed by atoms with van der Waals surface area (Å²) in [6.45, 7) is 0. The zero-order chi connectivity index (χ0) is 5.82. The number of hydrogen-bond donors (Lipinski definition) is 0. The van der Waals surface area contributed by atoms with Gasteiger partial charge in [0.1, 0.15) is 0 Å². The van der Waals surface area contributed by atoms with E-state index in [-0.39, 0.29) is 0 Å². The summed E-state index contributed by atoms with van der Waals surface area (Å²) in [7, 11) is 0. The molecule has 0 radical (unpaired) electrons. The molecule has 0 aromatic rings. The van der Waals surface area contributed by atoms with Crippen LogP contribution in [0, 0.1) is 11.8 Å². The van der Waals surface area contributed by atoms with E-state index in [4.69, 9.17) is 11.6 Å². The summed E-state index contributed by atoms with van der Waals surface area (Å²) in [5.74, 6) is 5.67. The first-order valence-electron chi connectivity index (χ1n) is 2.40. The van der Waals surface area contributed by atoms with Crippen LogP contribution in [-0.4, -0.2) is 0 Å². The maximum Gasteiger partial charge on any atom is 0.0486 e. The molecule has 0 N–H and O–H groups in total. The Kier molecular flexibility index (Phi) is 1.77. The third-order valence-electron chi connectivity index (χ3n) is 0.809. The second kappa shape index (κ2) is 2.59. The highest BCUT2D eigenvalue weighted by molar-refractivity contribution is 6.31. The molecule has 40 valence electrons. The lowest BCUT2D eigenvalue weighted by Gasteiger charge is -1.76. The van der Waals surface area contributed by atoms with Crippen LogP contribution in [0.5, 0.6) is 0 Å². The molecule has 1 heteroatoms. The van der Waals surface area contributed by atoms with Crippen molar-refractivity contribution < 1.29 is 0 Å². The molecule has 1 aliphatic rings. The van der Waals surface area contributed by atoms with Gasteiger partial charge in [-0.25, -0.2) is 0 Å². The fourth-order valence-corrected chi connectivity index (χ4v) is 0.601. The van der Waals surface area contributed by atoms with Crippen LogP contribution in [-0.2, 0) is 0 Å². The van der Waals surface area contributed by atoms with Crippen LogP contribution in [0.25, 0.3) is 0 Å². The molecule has 0 bridgehead atoms. The van der Waals surface area contributed by atoms with Crippen molar-refractivity contribution in [1.82, 2.24) is 0 Å². The molecular formula is C7H5Cl. The Balaban J connectivity index is 2.79. The van der Waals surface area contributed by atoms with Crippen LogP contribution in [0.1, 0.15) is 6.42 Å². The quantitative estimate of drug-likeness (QED) is 0.434. The van der Waals surface area contributed by atoms with Crippen LogP contribution in [0.15, 0.2) is 23.3 Å². The van der Waals surface area contributed by atoms with Gasteiger partial charge < -0.3 is 0 Å². The first-order valence-corrected chi connectivity index (χ1v) is 2.78. The van der Waals surface area contributed by atoms with E-state index in [1.54, 1.807) is 6.08 Å². The molecule has 0 atom stereocenters. The lowest BCUT2D eigenvalue weighted by molar-refractivity contribution is 1.48. The lowest BCUT2D eigenvalue weighted by Crippen LogP contribution is -1.56. The molecule has 0 aliphatic heterocycles. The summed E-state index contributed by atoms with van der Waals surface area (Å²) in [5, 5.41) is 0.718. The summed E-state index contributed by atoms with van der Waals surface area (Å²) in [5.41, 5.74) is 0. The van der Waals surface area contributed by atoms with E-state index in [1.807, 2.05) is 12.2 Å². The Labute approximate surface area is 53.8 Å². The van der Waals surface area contributed by atoms with Crippen LogP contribution in [0.2, 0.25) is 0 Å². The number of halogens is 1. The first kappa shape index (κ1) is 5.47. The molecule has 0 aromatic heterocycles. The van der Waals surface area contributed by atoms with Gasteiger partial charge in [0, 0.05) is 17.5 Å². The molecule has 0 aromatic carbocycles. The van der Waals surface area contributed by atoms with Gasteiger partial charge in [0.05, 0.1) is 0 Å². The molecule has 1 rings (SSSR count). The topological polar surface area (TPSA) is 0 Å². The number of hydrogen-bond acceptors (Lipinski definition) is 0. The first-order chi connectivity index (χ1) is 3.89. The summed E-state index contributed by atoms with van der Waals surface area (Å²) in [6, 6.07) is 0. The van der Waals surface area contributed by atoms with Gasteiger partial charge in [0.2, 0.25) is 0 Å². The zero-order valence-corrected chi connectivity index (χ0v) is 5.07. The van der Waals surface area contributed by atoms with E-state index in [2.05, 4.69) is 11.8 Å². The molecule has 0 fully saturated rings. The van der Waals surface area contributed by atoms with Crippen molar-refractivity contribution in [2.24, 2.45) is 0 Å². The molecule has 0 unspecified atom stereocenters. The highest BCUT2D eigenvalue weighted by atomic mass is 35.5. The molecule has 8 heavy (non-hydrogen) atoms. The highest BCUT2D eigenvalue weighted by Crippen LogP contribution is 2.04. The molecule has 0 amide bonds. The van der Waals surface area contributed by atoms with Crippen molar-refractivity contribution in [2.75, 3.05) is 0 Å². The fourth-order valence-electron chi connectivity index (χ4n) is 0.457. The Morgan fingerprint density at radius 3 is 3.38 bits per heavy atom. The standard InChI is InChI=1S/C7H5Cl/c8-7-5-3-1-2-4-6-7/h3,5-6H,1H2. The van der Waals surface area contributed by atoms with E-state index >= 15 is 0 Å². The van der Waals surface area contributed by atoms with E-state index in [1.165, 1.54) is 0 Å². The summed E-state index contributed by atoms with van der Waals surface area (Å²) in [4.78, 5) is 0. The van der Waals surface area contributed by atoms with E-state index in [9.17, 15) is 0 Å². The minimum Gasteiger partial charge on any atom is -0.0943 e. The Bertz CT molecular complexity index is 188. The van der Waals surface area contributed by atoms with Gasteiger partial charge in [-0.3, -0.25) is 0 Å². The summed E-state index contributed by atoms with van der Waals surface area (Å²) >= 11 is 5.59. The minimum atomic E-state index is 0.718. The third kappa shape index (κ3) is 1.44. The molecule has 1 aliphatic carbocycles. The van der Waals surface area contributed by atoms with E-state index in [0.29, 0.717) is 0 Å². The van der Waals surface area contributed by atoms with Gasteiger partial charge in [-0.2, -0.15) is 0 Å². The van der Waals surface area contributed by atoms with Crippen molar-refractivity contribution >= 4 is 11.6 Å². The second-order valence-corrected chi connectivity index (χ2v) is 1.89. The summed E-state index contributed by atoms with van der Waals surface area (Å²) in [6.07, 6.45) is 6.30. The lowest BCUT2D eigenvalue weighted by atomic mass is 10.4. The van der Waals surface area contributed by atoms with E-state index < -0.39 is 0 Å². The molecule has 0 spiro atoms. The van der Waals surface area contributed by atoms with Crippen molar-refractivity contribution in [1.29, 1.82) is 0 Å². The van der Waals surface area contributed by atoms with Gasteiger partial charge >= 0.3 is 0 Å². The smallest absolute Gasteiger partial charge is 0.0486 e. The fraction of sp³-hybridized carbons (Fsp3) is 0.143. The Morgan fingerprint density at radius 2 is 2.50 bits per heavy atom. The SMILES string of the molecule is ClC1=CC#CCC=C1. The van der Waals surface area contributed by atoms with Crippen LogP contribution < -0.4 is 0 Å². The minimum absolute atomic E-state index is 0.718. The van der Waals surface area contributed by atoms with Gasteiger partial charge in [-0.1, -0.05) is 29.5 Å². The zero-order valence-electron chi connectivity index (χ0n) is 4.32. The third-order valence-corrected chi connectivity index (χ3v) is 1.04. The average Bonchev–Trinajstić information content (AvgIpc) is 1.94. The molecule has 0 saturated carbocycles. The summed E-state index contributed by atoms with van der Waals surface area (Å²) < 4.78 is 0. The van der Waals surface area contributed by atoms with Crippen LogP contribution in [0.3, 0.4) is 0 Å². The monoisotopic (exact) mass is 124 g/mol. The normalized spacial score (nSPS) is 15.9. The molecular weight excluding hydrogens is 120 g/mol. The Morgan fingerprint density at radius 1 is 1.62 bits per heavy atom. The predicted octanol–water partition coefficient (Wildman–Crippen LogP) is 2.07. The molecule has 0 nitrogen and oxygen atoms in total. The van der Waals surface area contributed by atoms with E-state index in [0.717, 1.165) is 11.5 Å². The number of allylic oxidation sites excluding steroid dienone is 4. The van der Waals surface area contributed by atoms with Crippen LogP contribution >= 0.6 is 11.6 Å². The Hall–Kier alpha value is -0.670. The van der Waals surface area contributed by atoms with Gasteiger partial charge in [0.15, 0.2) is 0 Å². The van der Waals surface area contributed by atoms with Crippen molar-refractivity contribution in [3.8, 4) is 11.8 Å². The largest absolute Gasteiger partial charge is 0.0943 e. The average molecular weight is 125 g/mol. The second-order valence-electron chi connectivity index (χ2n) is 1.46. The van der Waals surface area contributed by atoms with Gasteiger partial charge in [0.25, 0.3) is 0 Å². The van der Waals surface area contributed by atoms with Crippen LogP contribution in [0.4, 0.5) is 0 Å². The number of rotatable bonds is 0. The van der Waals surface area contributed by atoms with Gasteiger partial charge in [-0.05, 0) is 6.08 Å². The van der Waals surface area contributed by atoms with Crippen molar-refractivity contribution in [3.63, 3.8) is 0 Å².